The molecule has 3 fully saturated rings. The summed E-state index contributed by atoms with van der Waals surface area (Å²) < 4.78 is 44.6. The predicted molar refractivity (Wildman–Crippen MR) is 131 cm³/mol. The number of ether oxygens (including phenoxy) is 1. The fourth-order valence-electron chi connectivity index (χ4n) is 5.05. The molecule has 0 spiro atoms. The molecule has 1 amide bonds. The standard InChI is InChI=1S/C25H29ClF3N5O2/c1-24(2,3)36-23(35)34-16-6-7-17(34)13-33(12-16)15-8-9-20(18(10-15)14-4-5-14)31-22-30-11-19(21(26)32-22)25(27,28)29/h8-11,14,16-17H,4-7,12-13H2,1-3H3,(H,30,31,32). The van der Waals surface area contributed by atoms with Crippen LogP contribution in [0.2, 0.25) is 5.15 Å². The lowest BCUT2D eigenvalue weighted by atomic mass is 10.1. The molecule has 7 nitrogen and oxygen atoms in total. The van der Waals surface area contributed by atoms with Gasteiger partial charge in [0.15, 0.2) is 0 Å². The summed E-state index contributed by atoms with van der Waals surface area (Å²) in [5.41, 5.74) is 1.31. The van der Waals surface area contributed by atoms with Gasteiger partial charge in [0.05, 0.1) is 12.1 Å². The van der Waals surface area contributed by atoms with E-state index in [0.717, 1.165) is 55.7 Å². The number of aromatic nitrogens is 2. The van der Waals surface area contributed by atoms with E-state index in [9.17, 15) is 18.0 Å². The number of halogens is 4. The number of amides is 1. The minimum atomic E-state index is -4.61. The van der Waals surface area contributed by atoms with Crippen molar-refractivity contribution in [2.45, 2.75) is 76.2 Å². The third-order valence-electron chi connectivity index (χ3n) is 6.80. The van der Waals surface area contributed by atoms with Crippen LogP contribution in [0, 0.1) is 0 Å². The molecule has 36 heavy (non-hydrogen) atoms. The van der Waals surface area contributed by atoms with Crippen LogP contribution in [-0.2, 0) is 10.9 Å². The largest absolute Gasteiger partial charge is 0.444 e. The third-order valence-corrected chi connectivity index (χ3v) is 7.09. The molecule has 1 aromatic heterocycles. The number of benzene rings is 1. The van der Waals surface area contributed by atoms with Gasteiger partial charge in [-0.1, -0.05) is 11.6 Å². The normalized spacial score (nSPS) is 22.1. The summed E-state index contributed by atoms with van der Waals surface area (Å²) in [6, 6.07) is 6.24. The van der Waals surface area contributed by atoms with Gasteiger partial charge in [-0.15, -0.1) is 0 Å². The van der Waals surface area contributed by atoms with E-state index in [2.05, 4.69) is 26.3 Å². The van der Waals surface area contributed by atoms with Gasteiger partial charge < -0.3 is 15.0 Å². The maximum Gasteiger partial charge on any atom is 0.420 e. The minimum Gasteiger partial charge on any atom is -0.444 e. The minimum absolute atomic E-state index is 0.0201. The van der Waals surface area contributed by atoms with Crippen molar-refractivity contribution in [2.75, 3.05) is 23.3 Å². The van der Waals surface area contributed by atoms with Crippen LogP contribution < -0.4 is 10.2 Å². The van der Waals surface area contributed by atoms with E-state index in [4.69, 9.17) is 16.3 Å². The first kappa shape index (κ1) is 24.9. The Balaban J connectivity index is 1.33. The highest BCUT2D eigenvalue weighted by molar-refractivity contribution is 6.30. The van der Waals surface area contributed by atoms with Crippen LogP contribution in [0.1, 0.15) is 63.5 Å². The van der Waals surface area contributed by atoms with Crippen LogP contribution in [0.5, 0.6) is 0 Å². The van der Waals surface area contributed by atoms with Gasteiger partial charge in [0.1, 0.15) is 16.3 Å². The van der Waals surface area contributed by atoms with Gasteiger partial charge in [0, 0.05) is 30.7 Å². The molecule has 2 bridgehead atoms. The number of anilines is 3. The zero-order valence-corrected chi connectivity index (χ0v) is 21.2. The van der Waals surface area contributed by atoms with Crippen molar-refractivity contribution in [3.63, 3.8) is 0 Å². The molecule has 2 unspecified atom stereocenters. The van der Waals surface area contributed by atoms with Crippen molar-refractivity contribution in [1.82, 2.24) is 14.9 Å². The molecule has 11 heteroatoms. The Bertz CT molecular complexity index is 1150. The number of piperazine rings is 1. The highest BCUT2D eigenvalue weighted by Gasteiger charge is 2.44. The van der Waals surface area contributed by atoms with E-state index in [1.807, 2.05) is 37.8 Å². The fraction of sp³-hybridized carbons (Fsp3) is 0.560. The molecule has 0 radical (unpaired) electrons. The number of hydrogen-bond acceptors (Lipinski definition) is 6. The summed E-state index contributed by atoms with van der Waals surface area (Å²) in [6.07, 6.45) is -0.174. The fourth-order valence-corrected chi connectivity index (χ4v) is 5.29. The number of alkyl halides is 3. The number of carbonyl (C=O) groups excluding carboxylic acids is 1. The van der Waals surface area contributed by atoms with Crippen LogP contribution in [0.25, 0.3) is 0 Å². The van der Waals surface area contributed by atoms with Gasteiger partial charge >= 0.3 is 12.3 Å². The number of carbonyl (C=O) groups is 1. The molecule has 2 aliphatic heterocycles. The topological polar surface area (TPSA) is 70.6 Å². The first-order chi connectivity index (χ1) is 16.9. The molecule has 2 atom stereocenters. The summed E-state index contributed by atoms with van der Waals surface area (Å²) in [5.74, 6) is 0.392. The second-order valence-corrected chi connectivity index (χ2v) is 11.1. The molecule has 1 aromatic carbocycles. The molecular weight excluding hydrogens is 495 g/mol. The highest BCUT2D eigenvalue weighted by atomic mass is 35.5. The van der Waals surface area contributed by atoms with E-state index in [1.54, 1.807) is 0 Å². The lowest BCUT2D eigenvalue weighted by Gasteiger charge is -2.42. The van der Waals surface area contributed by atoms with Crippen LogP contribution >= 0.6 is 11.6 Å². The molecule has 2 aromatic rings. The Hall–Kier alpha value is -2.75. The summed E-state index contributed by atoms with van der Waals surface area (Å²) in [5, 5.41) is 2.42. The molecule has 1 aliphatic carbocycles. The van der Waals surface area contributed by atoms with Crippen molar-refractivity contribution in [2.24, 2.45) is 0 Å². The molecule has 1 N–H and O–H groups in total. The number of hydrogen-bond donors (Lipinski definition) is 1. The zero-order valence-electron chi connectivity index (χ0n) is 20.4. The van der Waals surface area contributed by atoms with E-state index in [0.29, 0.717) is 12.1 Å². The molecule has 1 saturated carbocycles. The van der Waals surface area contributed by atoms with E-state index < -0.39 is 22.5 Å². The lowest BCUT2D eigenvalue weighted by Crippen LogP contribution is -2.56. The summed E-state index contributed by atoms with van der Waals surface area (Å²) in [4.78, 5) is 24.6. The van der Waals surface area contributed by atoms with E-state index >= 15 is 0 Å². The second kappa shape index (κ2) is 8.97. The van der Waals surface area contributed by atoms with Gasteiger partial charge in [-0.05, 0) is 76.1 Å². The van der Waals surface area contributed by atoms with Gasteiger partial charge in [-0.3, -0.25) is 4.90 Å². The quantitative estimate of drug-likeness (QED) is 0.470. The Labute approximate surface area is 213 Å². The Kier molecular flexibility index (Phi) is 6.21. The number of fused-ring (bicyclic) bond motifs is 2. The zero-order chi connectivity index (χ0) is 25.8. The molecule has 3 heterocycles. The first-order valence-electron chi connectivity index (χ1n) is 12.2. The van der Waals surface area contributed by atoms with Gasteiger partial charge in [-0.25, -0.2) is 14.8 Å². The smallest absolute Gasteiger partial charge is 0.420 e. The predicted octanol–water partition coefficient (Wildman–Crippen LogP) is 6.36. The maximum atomic E-state index is 13.0. The molecule has 194 valence electrons. The second-order valence-electron chi connectivity index (χ2n) is 10.7. The molecule has 2 saturated heterocycles. The highest BCUT2D eigenvalue weighted by Crippen LogP contribution is 2.46. The van der Waals surface area contributed by atoms with Crippen molar-refractivity contribution < 1.29 is 22.7 Å². The van der Waals surface area contributed by atoms with Crippen molar-refractivity contribution in [3.8, 4) is 0 Å². The van der Waals surface area contributed by atoms with Crippen LogP contribution in [0.15, 0.2) is 24.4 Å². The first-order valence-corrected chi connectivity index (χ1v) is 12.5. The van der Waals surface area contributed by atoms with Crippen molar-refractivity contribution in [1.29, 1.82) is 0 Å². The Morgan fingerprint density at radius 3 is 2.33 bits per heavy atom. The molecule has 3 aliphatic rings. The lowest BCUT2D eigenvalue weighted by molar-refractivity contribution is -0.137. The van der Waals surface area contributed by atoms with Crippen LogP contribution in [-0.4, -0.2) is 51.7 Å². The third kappa shape index (κ3) is 5.19. The van der Waals surface area contributed by atoms with E-state index in [-0.39, 0.29) is 24.1 Å². The number of nitrogens with zero attached hydrogens (tertiary/aromatic N) is 4. The average molecular weight is 524 g/mol. The van der Waals surface area contributed by atoms with Gasteiger partial charge in [-0.2, -0.15) is 13.2 Å². The summed E-state index contributed by atoms with van der Waals surface area (Å²) in [7, 11) is 0. The average Bonchev–Trinajstić information content (AvgIpc) is 3.57. The Morgan fingerprint density at radius 2 is 1.78 bits per heavy atom. The van der Waals surface area contributed by atoms with Gasteiger partial charge in [0.25, 0.3) is 0 Å². The Morgan fingerprint density at radius 1 is 1.11 bits per heavy atom. The van der Waals surface area contributed by atoms with E-state index in [1.165, 1.54) is 0 Å². The SMILES string of the molecule is CC(C)(C)OC(=O)N1C2CCC1CN(c1ccc(Nc3ncc(C(F)(F)F)c(Cl)n3)c(C3CC3)c1)C2. The monoisotopic (exact) mass is 523 g/mol. The maximum absolute atomic E-state index is 13.0. The molecular formula is C25H29ClF3N5O2. The molecule has 5 rings (SSSR count). The summed E-state index contributed by atoms with van der Waals surface area (Å²) >= 11 is 5.77. The summed E-state index contributed by atoms with van der Waals surface area (Å²) in [6.45, 7) is 7.08. The van der Waals surface area contributed by atoms with Crippen molar-refractivity contribution >= 4 is 35.0 Å². The number of nitrogens with one attached hydrogen (secondary N) is 1. The van der Waals surface area contributed by atoms with Crippen LogP contribution in [0.4, 0.5) is 35.3 Å². The van der Waals surface area contributed by atoms with Crippen molar-refractivity contribution in [3.05, 3.63) is 40.7 Å². The number of rotatable bonds is 4. The van der Waals surface area contributed by atoms with Gasteiger partial charge in [0.2, 0.25) is 5.95 Å². The van der Waals surface area contributed by atoms with Crippen LogP contribution in [0.3, 0.4) is 0 Å².